The highest BCUT2D eigenvalue weighted by molar-refractivity contribution is 6.03. The predicted octanol–water partition coefficient (Wildman–Crippen LogP) is 3.46. The van der Waals surface area contributed by atoms with E-state index in [1.165, 1.54) is 32.4 Å². The maximum Gasteiger partial charge on any atom is 0.337 e. The van der Waals surface area contributed by atoms with E-state index in [4.69, 9.17) is 0 Å². The van der Waals surface area contributed by atoms with Gasteiger partial charge in [-0.25, -0.2) is 14.8 Å². The Kier molecular flexibility index (Phi) is 5.94. The van der Waals surface area contributed by atoms with Gasteiger partial charge in [0.25, 0.3) is 5.91 Å². The number of amides is 1. The van der Waals surface area contributed by atoms with Crippen molar-refractivity contribution in [2.45, 2.75) is 6.92 Å². The number of rotatable bonds is 6. The first-order chi connectivity index (χ1) is 14.0. The van der Waals surface area contributed by atoms with E-state index in [1.807, 2.05) is 0 Å². The van der Waals surface area contributed by atoms with Crippen molar-refractivity contribution in [3.8, 4) is 0 Å². The van der Waals surface area contributed by atoms with Crippen molar-refractivity contribution < 1.29 is 19.1 Å². The molecule has 3 rings (SSSR count). The fourth-order valence-electron chi connectivity index (χ4n) is 2.53. The van der Waals surface area contributed by atoms with Crippen molar-refractivity contribution in [3.63, 3.8) is 0 Å². The van der Waals surface area contributed by atoms with Gasteiger partial charge in [0.05, 0.1) is 12.7 Å². The predicted molar refractivity (Wildman–Crippen MR) is 107 cm³/mol. The van der Waals surface area contributed by atoms with Gasteiger partial charge < -0.3 is 15.4 Å². The standard InChI is InChI=1S/C21H18N4O4/c1-13(26)14-5-3-8-17(11-14)24-21-22-10-9-18(25-21)19(27)23-16-7-4-6-15(12-16)20(28)29-2/h3-12H,1-2H3,(H,23,27)(H,22,24,25). The SMILES string of the molecule is COC(=O)c1cccc(NC(=O)c2ccnc(Nc3cccc(C(C)=O)c3)n2)c1. The van der Waals surface area contributed by atoms with Gasteiger partial charge in [0.1, 0.15) is 5.69 Å². The fourth-order valence-corrected chi connectivity index (χ4v) is 2.53. The molecule has 0 unspecified atom stereocenters. The molecule has 1 aromatic heterocycles. The van der Waals surface area contributed by atoms with E-state index in [-0.39, 0.29) is 17.4 Å². The summed E-state index contributed by atoms with van der Waals surface area (Å²) in [6.45, 7) is 1.48. The number of hydrogen-bond donors (Lipinski definition) is 2. The summed E-state index contributed by atoms with van der Waals surface area (Å²) in [5.41, 5.74) is 2.06. The first-order valence-electron chi connectivity index (χ1n) is 8.67. The number of Topliss-reactive ketones (excluding diaryl/α,β-unsaturated/α-hetero) is 1. The van der Waals surface area contributed by atoms with E-state index in [9.17, 15) is 14.4 Å². The molecule has 8 nitrogen and oxygen atoms in total. The Balaban J connectivity index is 1.75. The molecule has 8 heteroatoms. The Morgan fingerprint density at radius 3 is 2.34 bits per heavy atom. The highest BCUT2D eigenvalue weighted by Crippen LogP contribution is 2.16. The number of esters is 1. The molecule has 2 N–H and O–H groups in total. The molecule has 29 heavy (non-hydrogen) atoms. The molecule has 0 aliphatic carbocycles. The zero-order valence-electron chi connectivity index (χ0n) is 15.8. The van der Waals surface area contributed by atoms with E-state index in [0.29, 0.717) is 22.5 Å². The molecule has 0 spiro atoms. The van der Waals surface area contributed by atoms with Crippen LogP contribution >= 0.6 is 0 Å². The molecule has 3 aromatic rings. The molecule has 2 aromatic carbocycles. The minimum atomic E-state index is -0.498. The van der Waals surface area contributed by atoms with Crippen molar-refractivity contribution >= 4 is 35.0 Å². The summed E-state index contributed by atoms with van der Waals surface area (Å²) in [5.74, 6) is -0.809. The van der Waals surface area contributed by atoms with Gasteiger partial charge in [-0.1, -0.05) is 18.2 Å². The van der Waals surface area contributed by atoms with E-state index in [1.54, 1.807) is 42.5 Å². The van der Waals surface area contributed by atoms with Crippen LogP contribution in [0.25, 0.3) is 0 Å². The number of nitrogens with one attached hydrogen (secondary N) is 2. The summed E-state index contributed by atoms with van der Waals surface area (Å²) in [5, 5.41) is 5.66. The third kappa shape index (κ3) is 5.01. The highest BCUT2D eigenvalue weighted by Gasteiger charge is 2.12. The molecular formula is C21H18N4O4. The lowest BCUT2D eigenvalue weighted by Crippen LogP contribution is -2.15. The third-order valence-electron chi connectivity index (χ3n) is 3.95. The Hall–Kier alpha value is -4.07. The van der Waals surface area contributed by atoms with Gasteiger partial charge in [0, 0.05) is 23.1 Å². The minimum Gasteiger partial charge on any atom is -0.465 e. The van der Waals surface area contributed by atoms with Crippen molar-refractivity contribution in [1.82, 2.24) is 9.97 Å². The second-order valence-corrected chi connectivity index (χ2v) is 6.05. The van der Waals surface area contributed by atoms with Gasteiger partial charge in [0.2, 0.25) is 5.95 Å². The van der Waals surface area contributed by atoms with E-state index in [0.717, 1.165) is 0 Å². The van der Waals surface area contributed by atoms with Crippen molar-refractivity contribution in [2.75, 3.05) is 17.7 Å². The van der Waals surface area contributed by atoms with Crippen LogP contribution < -0.4 is 10.6 Å². The number of nitrogens with zero attached hydrogens (tertiary/aromatic N) is 2. The van der Waals surface area contributed by atoms with Crippen LogP contribution in [0, 0.1) is 0 Å². The topological polar surface area (TPSA) is 110 Å². The minimum absolute atomic E-state index is 0.0584. The Bertz CT molecular complexity index is 1080. The monoisotopic (exact) mass is 390 g/mol. The largest absolute Gasteiger partial charge is 0.465 e. The van der Waals surface area contributed by atoms with Crippen LogP contribution in [0.4, 0.5) is 17.3 Å². The summed E-state index contributed by atoms with van der Waals surface area (Å²) in [4.78, 5) is 44.0. The average Bonchev–Trinajstić information content (AvgIpc) is 2.73. The first-order valence-corrected chi connectivity index (χ1v) is 8.67. The molecule has 0 saturated heterocycles. The molecule has 0 saturated carbocycles. The summed E-state index contributed by atoms with van der Waals surface area (Å²) < 4.78 is 4.67. The molecule has 0 bridgehead atoms. The van der Waals surface area contributed by atoms with Crippen LogP contribution in [-0.4, -0.2) is 34.7 Å². The second-order valence-electron chi connectivity index (χ2n) is 6.05. The van der Waals surface area contributed by atoms with Gasteiger partial charge in [-0.3, -0.25) is 9.59 Å². The number of ketones is 1. The Labute approximate surface area is 167 Å². The van der Waals surface area contributed by atoms with Gasteiger partial charge in [-0.2, -0.15) is 0 Å². The summed E-state index contributed by atoms with van der Waals surface area (Å²) >= 11 is 0. The smallest absolute Gasteiger partial charge is 0.337 e. The van der Waals surface area contributed by atoms with Gasteiger partial charge in [0.15, 0.2) is 5.78 Å². The summed E-state index contributed by atoms with van der Waals surface area (Å²) in [6.07, 6.45) is 1.45. The molecule has 0 fully saturated rings. The second kappa shape index (κ2) is 8.75. The van der Waals surface area contributed by atoms with E-state index in [2.05, 4.69) is 25.3 Å². The van der Waals surface area contributed by atoms with Gasteiger partial charge in [-0.15, -0.1) is 0 Å². The molecule has 0 atom stereocenters. The van der Waals surface area contributed by atoms with Crippen LogP contribution in [-0.2, 0) is 4.74 Å². The number of methoxy groups -OCH3 is 1. The van der Waals surface area contributed by atoms with E-state index < -0.39 is 11.9 Å². The number of aromatic nitrogens is 2. The van der Waals surface area contributed by atoms with E-state index >= 15 is 0 Å². The third-order valence-corrected chi connectivity index (χ3v) is 3.95. The van der Waals surface area contributed by atoms with Crippen LogP contribution in [0.2, 0.25) is 0 Å². The fraction of sp³-hybridized carbons (Fsp3) is 0.0952. The zero-order chi connectivity index (χ0) is 20.8. The molecule has 0 aliphatic heterocycles. The molecular weight excluding hydrogens is 372 g/mol. The number of benzene rings is 2. The lowest BCUT2D eigenvalue weighted by Gasteiger charge is -2.09. The number of anilines is 3. The molecule has 1 amide bonds. The maximum absolute atomic E-state index is 12.5. The maximum atomic E-state index is 12.5. The highest BCUT2D eigenvalue weighted by atomic mass is 16.5. The molecule has 1 heterocycles. The molecule has 0 aliphatic rings. The van der Waals surface area contributed by atoms with Crippen molar-refractivity contribution in [2.24, 2.45) is 0 Å². The Morgan fingerprint density at radius 1 is 0.931 bits per heavy atom. The molecule has 146 valence electrons. The number of carbonyl (C=O) groups is 3. The lowest BCUT2D eigenvalue weighted by molar-refractivity contribution is 0.0600. The number of ether oxygens (including phenoxy) is 1. The van der Waals surface area contributed by atoms with Crippen LogP contribution in [0.15, 0.2) is 60.8 Å². The van der Waals surface area contributed by atoms with Gasteiger partial charge >= 0.3 is 5.97 Å². The molecule has 0 radical (unpaired) electrons. The van der Waals surface area contributed by atoms with Gasteiger partial charge in [-0.05, 0) is 43.3 Å². The van der Waals surface area contributed by atoms with Crippen LogP contribution in [0.1, 0.15) is 38.1 Å². The quantitative estimate of drug-likeness (QED) is 0.490. The number of carbonyl (C=O) groups excluding carboxylic acids is 3. The lowest BCUT2D eigenvalue weighted by atomic mass is 10.1. The van der Waals surface area contributed by atoms with Crippen molar-refractivity contribution in [1.29, 1.82) is 0 Å². The zero-order valence-corrected chi connectivity index (χ0v) is 15.8. The Morgan fingerprint density at radius 2 is 1.62 bits per heavy atom. The van der Waals surface area contributed by atoms with Crippen molar-refractivity contribution in [3.05, 3.63) is 77.6 Å². The summed E-state index contributed by atoms with van der Waals surface area (Å²) in [7, 11) is 1.29. The summed E-state index contributed by atoms with van der Waals surface area (Å²) in [6, 6.07) is 14.7. The average molecular weight is 390 g/mol. The van der Waals surface area contributed by atoms with Crippen LogP contribution in [0.5, 0.6) is 0 Å². The normalized spacial score (nSPS) is 10.1. The number of hydrogen-bond acceptors (Lipinski definition) is 7. The first kappa shape index (κ1) is 19.7. The van der Waals surface area contributed by atoms with Crippen LogP contribution in [0.3, 0.4) is 0 Å².